The standard InChI is InChI=1S/C64H73N3O4S/c1-7-12-15-16-41-71-56-37-35-55(36-38-56)67(53-31-19-45(6)20-32-53)54-33-29-50(30-34-54)49-25-27-52(28-26-49)59-61-62(66(63(59)69)43-47(11-5)18-14-9-3)60(64(70)65(61)42-46(10-4)17-13-8-2)58-40-39-57(72-58)51-23-21-48(44-68)22-24-51/h19-40,44,46-47H,7-18,41-43H2,1-6H3. The number of nitrogens with zero attached hydrogens (tertiary/aromatic N) is 3. The summed E-state index contributed by atoms with van der Waals surface area (Å²) < 4.78 is 6.10. The van der Waals surface area contributed by atoms with E-state index in [1.54, 1.807) is 11.3 Å². The van der Waals surface area contributed by atoms with E-state index in [-0.39, 0.29) is 11.8 Å². The van der Waals surface area contributed by atoms with E-state index in [9.17, 15) is 4.79 Å². The summed E-state index contributed by atoms with van der Waals surface area (Å²) in [6.45, 7) is 15.0. The lowest BCUT2D eigenvalue weighted by Gasteiger charge is -2.26. The van der Waals surface area contributed by atoms with Gasteiger partial charge in [-0.1, -0.05) is 171 Å². The molecule has 2 aliphatic heterocycles. The van der Waals surface area contributed by atoms with Gasteiger partial charge in [0.15, 0.2) is 0 Å². The van der Waals surface area contributed by atoms with Crippen LogP contribution in [0.2, 0.25) is 0 Å². The number of aldehydes is 1. The van der Waals surface area contributed by atoms with E-state index in [0.717, 1.165) is 137 Å². The van der Waals surface area contributed by atoms with Crippen LogP contribution in [0.4, 0.5) is 17.1 Å². The fourth-order valence-electron chi connectivity index (χ4n) is 10.2. The van der Waals surface area contributed by atoms with Gasteiger partial charge in [0.1, 0.15) is 12.0 Å². The van der Waals surface area contributed by atoms with Crippen LogP contribution >= 0.6 is 11.3 Å². The SMILES string of the molecule is CCCCCCOc1ccc(N(c2ccc(C)cc2)c2ccc(-c3ccc(C4=C5C(=C(c6ccc(-c7ccc(C=O)cc7)s6)C(=O)N5CC(CC)CCCC)N(CC(CC)CCCC)C4=O)cc3)cc2)cc1. The number of fused-ring (bicyclic) bond motifs is 1. The van der Waals surface area contributed by atoms with Crippen LogP contribution in [-0.2, 0) is 9.59 Å². The predicted octanol–water partition coefficient (Wildman–Crippen LogP) is 16.9. The van der Waals surface area contributed by atoms with Crippen molar-refractivity contribution in [3.8, 4) is 27.3 Å². The molecule has 5 aromatic carbocycles. The number of benzene rings is 5. The van der Waals surface area contributed by atoms with E-state index < -0.39 is 0 Å². The quantitative estimate of drug-likeness (QED) is 0.0400. The van der Waals surface area contributed by atoms with Gasteiger partial charge in [-0.25, -0.2) is 0 Å². The lowest BCUT2D eigenvalue weighted by molar-refractivity contribution is -0.123. The summed E-state index contributed by atoms with van der Waals surface area (Å²) in [4.78, 5) is 50.2. The lowest BCUT2D eigenvalue weighted by Crippen LogP contribution is -2.32. The molecule has 0 saturated heterocycles. The first kappa shape index (κ1) is 51.8. The van der Waals surface area contributed by atoms with Crippen molar-refractivity contribution in [2.45, 2.75) is 119 Å². The molecule has 0 aliphatic carbocycles. The fourth-order valence-corrected chi connectivity index (χ4v) is 11.2. The minimum atomic E-state index is -0.0346. The summed E-state index contributed by atoms with van der Waals surface area (Å²) in [5, 5.41) is 0. The third kappa shape index (κ3) is 11.7. The van der Waals surface area contributed by atoms with Gasteiger partial charge in [0.25, 0.3) is 11.8 Å². The van der Waals surface area contributed by atoms with Crippen molar-refractivity contribution in [1.82, 2.24) is 9.80 Å². The molecule has 2 amide bonds. The number of rotatable bonds is 26. The van der Waals surface area contributed by atoms with Crippen LogP contribution in [0, 0.1) is 18.8 Å². The summed E-state index contributed by atoms with van der Waals surface area (Å²) in [5.41, 5.74) is 11.6. The highest BCUT2D eigenvalue weighted by atomic mass is 32.1. The van der Waals surface area contributed by atoms with Gasteiger partial charge in [-0.2, -0.15) is 0 Å². The predicted molar refractivity (Wildman–Crippen MR) is 300 cm³/mol. The third-order valence-electron chi connectivity index (χ3n) is 14.6. The number of carbonyl (C=O) groups is 3. The number of ether oxygens (including phenoxy) is 1. The van der Waals surface area contributed by atoms with Crippen LogP contribution in [0.1, 0.15) is 138 Å². The van der Waals surface area contributed by atoms with Gasteiger partial charge in [0, 0.05) is 45.5 Å². The highest BCUT2D eigenvalue weighted by Crippen LogP contribution is 2.50. The van der Waals surface area contributed by atoms with Gasteiger partial charge in [-0.05, 0) is 121 Å². The molecule has 0 saturated carbocycles. The molecule has 2 atom stereocenters. The number of carbonyl (C=O) groups excluding carboxylic acids is 3. The van der Waals surface area contributed by atoms with E-state index in [4.69, 9.17) is 4.74 Å². The Balaban J connectivity index is 1.16. The van der Waals surface area contributed by atoms with Crippen molar-refractivity contribution >= 4 is 57.6 Å². The highest BCUT2D eigenvalue weighted by molar-refractivity contribution is 7.17. The highest BCUT2D eigenvalue weighted by Gasteiger charge is 2.49. The van der Waals surface area contributed by atoms with Crippen LogP contribution in [0.15, 0.2) is 145 Å². The Labute approximate surface area is 433 Å². The number of amides is 2. The van der Waals surface area contributed by atoms with Crippen LogP contribution < -0.4 is 9.64 Å². The number of hydrogen-bond acceptors (Lipinski definition) is 6. The summed E-state index contributed by atoms with van der Waals surface area (Å²) >= 11 is 1.57. The topological polar surface area (TPSA) is 70.2 Å². The first-order chi connectivity index (χ1) is 35.2. The van der Waals surface area contributed by atoms with Gasteiger partial charge >= 0.3 is 0 Å². The molecule has 1 aromatic heterocycles. The molecule has 3 heterocycles. The summed E-state index contributed by atoms with van der Waals surface area (Å²) in [6.07, 6.45) is 13.8. The van der Waals surface area contributed by atoms with E-state index in [1.165, 1.54) is 24.8 Å². The first-order valence-corrected chi connectivity index (χ1v) is 27.6. The van der Waals surface area contributed by atoms with Gasteiger partial charge < -0.3 is 19.4 Å². The zero-order valence-corrected chi connectivity index (χ0v) is 44.2. The molecule has 0 bridgehead atoms. The molecule has 2 unspecified atom stereocenters. The second-order valence-electron chi connectivity index (χ2n) is 19.7. The minimum absolute atomic E-state index is 0.0327. The molecule has 6 aromatic rings. The number of aryl methyl sites for hydroxylation is 1. The molecule has 8 rings (SSSR count). The zero-order chi connectivity index (χ0) is 50.6. The summed E-state index contributed by atoms with van der Waals surface area (Å²) in [7, 11) is 0. The van der Waals surface area contributed by atoms with Crippen LogP contribution in [0.5, 0.6) is 5.75 Å². The zero-order valence-electron chi connectivity index (χ0n) is 43.4. The maximum atomic E-state index is 15.4. The maximum absolute atomic E-state index is 15.4. The van der Waals surface area contributed by atoms with Gasteiger partial charge in [-0.15, -0.1) is 11.3 Å². The summed E-state index contributed by atoms with van der Waals surface area (Å²) in [6, 6.07) is 45.8. The average Bonchev–Trinajstić information content (AvgIpc) is 4.09. The minimum Gasteiger partial charge on any atom is -0.494 e. The first-order valence-electron chi connectivity index (χ1n) is 26.8. The molecule has 0 N–H and O–H groups in total. The van der Waals surface area contributed by atoms with Crippen molar-refractivity contribution in [2.75, 3.05) is 24.6 Å². The van der Waals surface area contributed by atoms with Gasteiger partial charge in [0.05, 0.1) is 29.1 Å². The molecular formula is C64H73N3O4S. The second-order valence-corrected chi connectivity index (χ2v) is 20.8. The van der Waals surface area contributed by atoms with Crippen LogP contribution in [0.3, 0.4) is 0 Å². The number of anilines is 3. The molecule has 0 spiro atoms. The van der Waals surface area contributed by atoms with Crippen LogP contribution in [0.25, 0.3) is 32.7 Å². The Morgan fingerprint density at radius 3 is 1.53 bits per heavy atom. The number of unbranched alkanes of at least 4 members (excludes halogenated alkanes) is 5. The molecule has 0 fully saturated rings. The van der Waals surface area contributed by atoms with E-state index in [1.807, 2.05) is 40.1 Å². The fraction of sp³-hybridized carbons (Fsp3) is 0.359. The van der Waals surface area contributed by atoms with Crippen LogP contribution in [-0.4, -0.2) is 47.6 Å². The monoisotopic (exact) mass is 980 g/mol. The average molecular weight is 980 g/mol. The van der Waals surface area contributed by atoms with Gasteiger partial charge in [0.2, 0.25) is 0 Å². The molecule has 0 radical (unpaired) electrons. The molecule has 2 aliphatic rings. The lowest BCUT2D eigenvalue weighted by atomic mass is 9.97. The van der Waals surface area contributed by atoms with E-state index >= 15 is 9.59 Å². The number of thiophene rings is 1. The Morgan fingerprint density at radius 1 is 0.514 bits per heavy atom. The van der Waals surface area contributed by atoms with Crippen molar-refractivity contribution < 1.29 is 19.1 Å². The molecule has 374 valence electrons. The molecule has 72 heavy (non-hydrogen) atoms. The Morgan fingerprint density at radius 2 is 0.986 bits per heavy atom. The Hall–Kier alpha value is -6.51. The smallest absolute Gasteiger partial charge is 0.262 e. The Kier molecular flexibility index (Phi) is 17.8. The molecule has 7 nitrogen and oxygen atoms in total. The van der Waals surface area contributed by atoms with E-state index in [2.05, 4.69) is 150 Å². The normalized spacial score (nSPS) is 14.4. The second kappa shape index (κ2) is 24.7. The van der Waals surface area contributed by atoms with Gasteiger partial charge in [-0.3, -0.25) is 14.4 Å². The summed E-state index contributed by atoms with van der Waals surface area (Å²) in [5.74, 6) is 1.40. The number of hydrogen-bond donors (Lipinski definition) is 0. The maximum Gasteiger partial charge on any atom is 0.262 e. The molecular weight excluding hydrogens is 907 g/mol. The van der Waals surface area contributed by atoms with Crippen molar-refractivity contribution in [1.29, 1.82) is 0 Å². The van der Waals surface area contributed by atoms with E-state index in [0.29, 0.717) is 41.6 Å². The van der Waals surface area contributed by atoms with Crippen molar-refractivity contribution in [3.05, 3.63) is 166 Å². The molecule has 8 heteroatoms. The Bertz CT molecular complexity index is 2820. The third-order valence-corrected chi connectivity index (χ3v) is 15.7. The van der Waals surface area contributed by atoms with Crippen molar-refractivity contribution in [3.63, 3.8) is 0 Å². The van der Waals surface area contributed by atoms with Crippen molar-refractivity contribution in [2.24, 2.45) is 11.8 Å². The largest absolute Gasteiger partial charge is 0.494 e.